The number of nitrogens with zero attached hydrogens (tertiary/aromatic N) is 3. The van der Waals surface area contributed by atoms with E-state index < -0.39 is 0 Å². The van der Waals surface area contributed by atoms with Crippen molar-refractivity contribution in [3.8, 4) is 0 Å². The van der Waals surface area contributed by atoms with Crippen molar-refractivity contribution in [1.82, 2.24) is 9.97 Å². The molecule has 5 nitrogen and oxygen atoms in total. The molecular formula is C15H18FN5. The second-order valence-electron chi connectivity index (χ2n) is 5.13. The van der Waals surface area contributed by atoms with Crippen molar-refractivity contribution in [3.63, 3.8) is 0 Å². The van der Waals surface area contributed by atoms with Gasteiger partial charge in [-0.2, -0.15) is 0 Å². The summed E-state index contributed by atoms with van der Waals surface area (Å²) in [5, 5.41) is 3.19. The van der Waals surface area contributed by atoms with Crippen molar-refractivity contribution >= 4 is 17.3 Å². The third-order valence-electron chi connectivity index (χ3n) is 3.64. The van der Waals surface area contributed by atoms with Gasteiger partial charge in [-0.1, -0.05) is 12.1 Å². The Morgan fingerprint density at radius 2 is 1.86 bits per heavy atom. The molecule has 1 aliphatic heterocycles. The largest absolute Gasteiger partial charge is 0.393 e. The smallest absolute Gasteiger partial charge is 0.157 e. The number of nitrogens with two attached hydrogens (primary N) is 1. The molecular weight excluding hydrogens is 269 g/mol. The summed E-state index contributed by atoms with van der Waals surface area (Å²) in [6, 6.07) is 6.36. The third-order valence-corrected chi connectivity index (χ3v) is 3.64. The molecule has 2 aromatic rings. The third kappa shape index (κ3) is 3.04. The SMILES string of the molecule is Nc1c(NCc2ccc(F)cc2)ncnc1N1CCCC1. The molecule has 110 valence electrons. The zero-order valence-electron chi connectivity index (χ0n) is 11.7. The first kappa shape index (κ1) is 13.6. The molecule has 1 fully saturated rings. The van der Waals surface area contributed by atoms with Gasteiger partial charge in [-0.25, -0.2) is 14.4 Å². The molecule has 0 radical (unpaired) electrons. The Balaban J connectivity index is 1.73. The molecule has 2 heterocycles. The van der Waals surface area contributed by atoms with Crippen LogP contribution in [0.1, 0.15) is 18.4 Å². The lowest BCUT2D eigenvalue weighted by atomic mass is 10.2. The number of hydrogen-bond donors (Lipinski definition) is 2. The molecule has 1 aliphatic rings. The summed E-state index contributed by atoms with van der Waals surface area (Å²) in [6.45, 7) is 2.51. The highest BCUT2D eigenvalue weighted by molar-refractivity contribution is 5.75. The van der Waals surface area contributed by atoms with Crippen molar-refractivity contribution < 1.29 is 4.39 Å². The predicted octanol–water partition coefficient (Wildman–Crippen LogP) is 2.41. The van der Waals surface area contributed by atoms with Crippen LogP contribution in [-0.4, -0.2) is 23.1 Å². The van der Waals surface area contributed by atoms with Crippen LogP contribution in [0.15, 0.2) is 30.6 Å². The Labute approximate surface area is 123 Å². The maximum Gasteiger partial charge on any atom is 0.157 e. The Bertz CT molecular complexity index is 608. The van der Waals surface area contributed by atoms with Gasteiger partial charge in [0.15, 0.2) is 11.6 Å². The molecule has 0 amide bonds. The zero-order chi connectivity index (χ0) is 14.7. The lowest BCUT2D eigenvalue weighted by Gasteiger charge is -2.19. The van der Waals surface area contributed by atoms with Gasteiger partial charge in [-0.15, -0.1) is 0 Å². The fraction of sp³-hybridized carbons (Fsp3) is 0.333. The molecule has 1 aromatic heterocycles. The average Bonchev–Trinajstić information content (AvgIpc) is 3.02. The predicted molar refractivity (Wildman–Crippen MR) is 81.6 cm³/mol. The fourth-order valence-electron chi connectivity index (χ4n) is 2.50. The van der Waals surface area contributed by atoms with E-state index in [1.807, 2.05) is 0 Å². The highest BCUT2D eigenvalue weighted by Crippen LogP contribution is 2.28. The number of rotatable bonds is 4. The lowest BCUT2D eigenvalue weighted by molar-refractivity contribution is 0.627. The maximum atomic E-state index is 12.9. The van der Waals surface area contributed by atoms with Crippen LogP contribution in [0.5, 0.6) is 0 Å². The zero-order valence-corrected chi connectivity index (χ0v) is 11.7. The Kier molecular flexibility index (Phi) is 3.85. The Morgan fingerprint density at radius 3 is 2.57 bits per heavy atom. The van der Waals surface area contributed by atoms with E-state index in [2.05, 4.69) is 20.2 Å². The van der Waals surface area contributed by atoms with Gasteiger partial charge in [0.2, 0.25) is 0 Å². The highest BCUT2D eigenvalue weighted by Gasteiger charge is 2.18. The first-order valence-corrected chi connectivity index (χ1v) is 7.08. The van der Waals surface area contributed by atoms with Crippen LogP contribution in [-0.2, 0) is 6.54 Å². The monoisotopic (exact) mass is 287 g/mol. The Hall–Kier alpha value is -2.37. The minimum absolute atomic E-state index is 0.239. The second kappa shape index (κ2) is 5.95. The van der Waals surface area contributed by atoms with Gasteiger partial charge in [0.1, 0.15) is 17.8 Å². The number of aromatic nitrogens is 2. The molecule has 0 unspecified atom stereocenters. The number of hydrogen-bond acceptors (Lipinski definition) is 5. The molecule has 6 heteroatoms. The van der Waals surface area contributed by atoms with Crippen molar-refractivity contribution in [1.29, 1.82) is 0 Å². The fourth-order valence-corrected chi connectivity index (χ4v) is 2.50. The van der Waals surface area contributed by atoms with Crippen LogP contribution in [0.25, 0.3) is 0 Å². The lowest BCUT2D eigenvalue weighted by Crippen LogP contribution is -2.21. The van der Waals surface area contributed by atoms with Crippen molar-refractivity contribution in [2.24, 2.45) is 0 Å². The van der Waals surface area contributed by atoms with Crippen molar-refractivity contribution in [2.45, 2.75) is 19.4 Å². The molecule has 0 saturated carbocycles. The van der Waals surface area contributed by atoms with Gasteiger partial charge in [-0.05, 0) is 30.5 Å². The van der Waals surface area contributed by atoms with E-state index in [1.54, 1.807) is 12.1 Å². The van der Waals surface area contributed by atoms with Gasteiger partial charge < -0.3 is 16.0 Å². The van der Waals surface area contributed by atoms with Crippen molar-refractivity contribution in [3.05, 3.63) is 42.0 Å². The molecule has 0 bridgehead atoms. The summed E-state index contributed by atoms with van der Waals surface area (Å²) in [5.74, 6) is 1.18. The minimum atomic E-state index is -0.239. The van der Waals surface area contributed by atoms with Gasteiger partial charge in [0.05, 0.1) is 0 Å². The molecule has 0 spiro atoms. The van der Waals surface area contributed by atoms with E-state index in [0.29, 0.717) is 18.1 Å². The average molecular weight is 287 g/mol. The number of anilines is 3. The van der Waals surface area contributed by atoms with Gasteiger partial charge in [0.25, 0.3) is 0 Å². The molecule has 0 aliphatic carbocycles. The van der Waals surface area contributed by atoms with Crippen molar-refractivity contribution in [2.75, 3.05) is 29.0 Å². The van der Waals surface area contributed by atoms with Crippen LogP contribution in [0, 0.1) is 5.82 Å². The van der Waals surface area contributed by atoms with Crippen LogP contribution in [0.3, 0.4) is 0 Å². The topological polar surface area (TPSA) is 67.1 Å². The van der Waals surface area contributed by atoms with Crippen LogP contribution in [0.4, 0.5) is 21.7 Å². The quantitative estimate of drug-likeness (QED) is 0.904. The summed E-state index contributed by atoms with van der Waals surface area (Å²) >= 11 is 0. The summed E-state index contributed by atoms with van der Waals surface area (Å²) in [7, 11) is 0. The van der Waals surface area contributed by atoms with E-state index in [4.69, 9.17) is 5.73 Å². The van der Waals surface area contributed by atoms with Crippen LogP contribution >= 0.6 is 0 Å². The standard InChI is InChI=1S/C15H18FN5/c16-12-5-3-11(4-6-12)9-18-14-13(17)15(20-10-19-14)21-7-1-2-8-21/h3-6,10H,1-2,7-9,17H2,(H,18,19,20). The summed E-state index contributed by atoms with van der Waals surface area (Å²) in [5.41, 5.74) is 7.70. The van der Waals surface area contributed by atoms with E-state index in [1.165, 1.54) is 31.3 Å². The van der Waals surface area contributed by atoms with Crippen LogP contribution < -0.4 is 16.0 Å². The van der Waals surface area contributed by atoms with Gasteiger partial charge in [-0.3, -0.25) is 0 Å². The molecule has 21 heavy (non-hydrogen) atoms. The first-order valence-electron chi connectivity index (χ1n) is 7.08. The molecule has 1 saturated heterocycles. The molecule has 0 atom stereocenters. The normalized spacial score (nSPS) is 14.4. The minimum Gasteiger partial charge on any atom is -0.393 e. The Morgan fingerprint density at radius 1 is 1.14 bits per heavy atom. The number of nitrogens with one attached hydrogen (secondary N) is 1. The molecule has 3 N–H and O–H groups in total. The van der Waals surface area contributed by atoms with E-state index in [9.17, 15) is 4.39 Å². The first-order chi connectivity index (χ1) is 10.2. The highest BCUT2D eigenvalue weighted by atomic mass is 19.1. The van der Waals surface area contributed by atoms with E-state index >= 15 is 0 Å². The van der Waals surface area contributed by atoms with Crippen LogP contribution in [0.2, 0.25) is 0 Å². The van der Waals surface area contributed by atoms with E-state index in [-0.39, 0.29) is 5.82 Å². The molecule has 1 aromatic carbocycles. The number of nitrogen functional groups attached to an aromatic ring is 1. The maximum absolute atomic E-state index is 12.9. The second-order valence-corrected chi connectivity index (χ2v) is 5.13. The summed E-state index contributed by atoms with van der Waals surface area (Å²) in [4.78, 5) is 10.7. The summed E-state index contributed by atoms with van der Waals surface area (Å²) < 4.78 is 12.9. The van der Waals surface area contributed by atoms with Gasteiger partial charge in [0, 0.05) is 19.6 Å². The number of benzene rings is 1. The van der Waals surface area contributed by atoms with E-state index in [0.717, 1.165) is 24.5 Å². The molecule has 3 rings (SSSR count). The summed E-state index contributed by atoms with van der Waals surface area (Å²) in [6.07, 6.45) is 3.86. The van der Waals surface area contributed by atoms with Gasteiger partial charge >= 0.3 is 0 Å². The number of halogens is 1.